The number of imidazole rings is 1. The van der Waals surface area contributed by atoms with Crippen LogP contribution in [0.4, 0.5) is 0 Å². The largest absolute Gasteiger partial charge is 0.349 e. The Labute approximate surface area is 124 Å². The first-order valence-corrected chi connectivity index (χ1v) is 8.48. The van der Waals surface area contributed by atoms with Crippen LogP contribution >= 0.6 is 0 Å². The van der Waals surface area contributed by atoms with Gasteiger partial charge in [0.2, 0.25) is 10.0 Å². The van der Waals surface area contributed by atoms with Crippen molar-refractivity contribution in [1.29, 1.82) is 0 Å². The molecule has 2 rings (SSSR count). The number of nitrogens with one attached hydrogen (secondary N) is 2. The van der Waals surface area contributed by atoms with Crippen LogP contribution < -0.4 is 10.5 Å². The summed E-state index contributed by atoms with van der Waals surface area (Å²) in [4.78, 5) is 7.08. The molecule has 1 aromatic carbocycles. The third kappa shape index (κ3) is 5.30. The minimum absolute atomic E-state index is 0.0262. The number of rotatable bonds is 8. The lowest BCUT2D eigenvalue weighted by Crippen LogP contribution is -2.26. The summed E-state index contributed by atoms with van der Waals surface area (Å²) in [5.74, 6) is 0.839. The monoisotopic (exact) mass is 308 g/mol. The molecule has 0 bridgehead atoms. The standard InChI is InChI=1S/C14H20N4O2S/c15-10-12-3-1-4-13(9-12)11-21(19,20)18-6-2-5-14-16-7-8-17-14/h1,3-4,7-9,18H,2,5-6,10-11,15H2,(H,16,17). The zero-order valence-electron chi connectivity index (χ0n) is 11.7. The van der Waals surface area contributed by atoms with Crippen LogP contribution in [-0.2, 0) is 28.7 Å². The Morgan fingerprint density at radius 3 is 2.81 bits per heavy atom. The first kappa shape index (κ1) is 15.7. The number of aromatic nitrogens is 2. The number of benzene rings is 1. The Bertz CT molecular complexity index is 653. The van der Waals surface area contributed by atoms with Crippen LogP contribution in [0.3, 0.4) is 0 Å². The number of hydrogen-bond donors (Lipinski definition) is 3. The number of aryl methyl sites for hydroxylation is 1. The van der Waals surface area contributed by atoms with Gasteiger partial charge in [-0.1, -0.05) is 24.3 Å². The fourth-order valence-corrected chi connectivity index (χ4v) is 3.21. The van der Waals surface area contributed by atoms with Gasteiger partial charge in [-0.2, -0.15) is 0 Å². The molecular formula is C14H20N4O2S. The van der Waals surface area contributed by atoms with E-state index in [0.29, 0.717) is 19.5 Å². The summed E-state index contributed by atoms with van der Waals surface area (Å²) in [5.41, 5.74) is 7.23. The maximum absolute atomic E-state index is 12.0. The van der Waals surface area contributed by atoms with Crippen molar-refractivity contribution in [1.82, 2.24) is 14.7 Å². The number of aromatic amines is 1. The summed E-state index contributed by atoms with van der Waals surface area (Å²) >= 11 is 0. The first-order chi connectivity index (χ1) is 10.1. The summed E-state index contributed by atoms with van der Waals surface area (Å²) in [6, 6.07) is 7.32. The van der Waals surface area contributed by atoms with Gasteiger partial charge < -0.3 is 10.7 Å². The highest BCUT2D eigenvalue weighted by atomic mass is 32.2. The molecule has 114 valence electrons. The summed E-state index contributed by atoms with van der Waals surface area (Å²) in [5, 5.41) is 0. The van der Waals surface area contributed by atoms with Gasteiger partial charge in [0.25, 0.3) is 0 Å². The van der Waals surface area contributed by atoms with Crippen LogP contribution in [0.1, 0.15) is 23.4 Å². The van der Waals surface area contributed by atoms with E-state index >= 15 is 0 Å². The van der Waals surface area contributed by atoms with Gasteiger partial charge >= 0.3 is 0 Å². The highest BCUT2D eigenvalue weighted by Gasteiger charge is 2.11. The number of nitrogens with two attached hydrogens (primary N) is 1. The van der Waals surface area contributed by atoms with Crippen LogP contribution in [0.2, 0.25) is 0 Å². The fraction of sp³-hybridized carbons (Fsp3) is 0.357. The number of nitrogens with zero attached hydrogens (tertiary/aromatic N) is 1. The predicted octanol–water partition coefficient (Wildman–Crippen LogP) is 0.921. The second kappa shape index (κ2) is 7.35. The van der Waals surface area contributed by atoms with E-state index in [1.807, 2.05) is 18.2 Å². The highest BCUT2D eigenvalue weighted by molar-refractivity contribution is 7.88. The molecule has 6 nitrogen and oxygen atoms in total. The summed E-state index contributed by atoms with van der Waals surface area (Å²) in [7, 11) is -3.32. The van der Waals surface area contributed by atoms with Crippen molar-refractivity contribution in [3.8, 4) is 0 Å². The minimum atomic E-state index is -3.32. The fourth-order valence-electron chi connectivity index (χ4n) is 2.04. The molecule has 0 aliphatic rings. The third-order valence-electron chi connectivity index (χ3n) is 3.05. The normalized spacial score (nSPS) is 11.7. The summed E-state index contributed by atoms with van der Waals surface area (Å²) in [6.45, 7) is 0.810. The SMILES string of the molecule is NCc1cccc(CS(=O)(=O)NCCCc2ncc[nH]2)c1. The maximum Gasteiger partial charge on any atom is 0.215 e. The quantitative estimate of drug-likeness (QED) is 0.631. The van der Waals surface area contributed by atoms with Crippen LogP contribution in [0, 0.1) is 0 Å². The smallest absolute Gasteiger partial charge is 0.215 e. The van der Waals surface area contributed by atoms with Crippen molar-refractivity contribution in [2.75, 3.05) is 6.54 Å². The molecule has 0 aliphatic heterocycles. The average molecular weight is 308 g/mol. The molecule has 1 aromatic heterocycles. The van der Waals surface area contributed by atoms with Gasteiger partial charge in [-0.15, -0.1) is 0 Å². The summed E-state index contributed by atoms with van der Waals surface area (Å²) in [6.07, 6.45) is 4.86. The number of H-pyrrole nitrogens is 1. The van der Waals surface area contributed by atoms with Crippen molar-refractivity contribution < 1.29 is 8.42 Å². The lowest BCUT2D eigenvalue weighted by atomic mass is 10.1. The van der Waals surface area contributed by atoms with E-state index in [9.17, 15) is 8.42 Å². The Morgan fingerprint density at radius 2 is 2.10 bits per heavy atom. The molecule has 0 fully saturated rings. The molecule has 21 heavy (non-hydrogen) atoms. The highest BCUT2D eigenvalue weighted by Crippen LogP contribution is 2.08. The molecule has 7 heteroatoms. The predicted molar refractivity (Wildman–Crippen MR) is 81.9 cm³/mol. The van der Waals surface area contributed by atoms with E-state index in [4.69, 9.17) is 5.73 Å². The molecule has 0 unspecified atom stereocenters. The lowest BCUT2D eigenvalue weighted by molar-refractivity contribution is 0.577. The van der Waals surface area contributed by atoms with Crippen LogP contribution in [0.25, 0.3) is 0 Å². The topological polar surface area (TPSA) is 101 Å². The Kier molecular flexibility index (Phi) is 5.49. The van der Waals surface area contributed by atoms with Gasteiger partial charge in [0.1, 0.15) is 5.82 Å². The molecule has 0 spiro atoms. The van der Waals surface area contributed by atoms with E-state index < -0.39 is 10.0 Å². The molecule has 0 aliphatic carbocycles. The lowest BCUT2D eigenvalue weighted by Gasteiger charge is -2.07. The molecule has 4 N–H and O–H groups in total. The first-order valence-electron chi connectivity index (χ1n) is 6.82. The molecule has 0 saturated heterocycles. The third-order valence-corrected chi connectivity index (χ3v) is 4.41. The number of hydrogen-bond acceptors (Lipinski definition) is 4. The van der Waals surface area contributed by atoms with E-state index in [0.717, 1.165) is 23.4 Å². The molecule has 0 radical (unpaired) electrons. The second-order valence-corrected chi connectivity index (χ2v) is 6.62. The van der Waals surface area contributed by atoms with Crippen LogP contribution in [0.15, 0.2) is 36.7 Å². The molecule has 0 amide bonds. The maximum atomic E-state index is 12.0. The number of sulfonamides is 1. The van der Waals surface area contributed by atoms with Crippen LogP contribution in [-0.4, -0.2) is 24.9 Å². The van der Waals surface area contributed by atoms with Gasteiger partial charge in [-0.05, 0) is 17.5 Å². The van der Waals surface area contributed by atoms with Gasteiger partial charge in [0, 0.05) is 31.9 Å². The van der Waals surface area contributed by atoms with E-state index in [2.05, 4.69) is 14.7 Å². The molecule has 1 heterocycles. The summed E-state index contributed by atoms with van der Waals surface area (Å²) < 4.78 is 26.6. The Balaban J connectivity index is 1.81. The van der Waals surface area contributed by atoms with Gasteiger partial charge in [0.05, 0.1) is 5.75 Å². The molecule has 2 aromatic rings. The zero-order valence-corrected chi connectivity index (χ0v) is 12.6. The van der Waals surface area contributed by atoms with Gasteiger partial charge in [0.15, 0.2) is 0 Å². The second-order valence-electron chi connectivity index (χ2n) is 4.82. The van der Waals surface area contributed by atoms with Crippen molar-refractivity contribution in [3.63, 3.8) is 0 Å². The van der Waals surface area contributed by atoms with E-state index in [-0.39, 0.29) is 5.75 Å². The molecular weight excluding hydrogens is 288 g/mol. The van der Waals surface area contributed by atoms with E-state index in [1.165, 1.54) is 0 Å². The van der Waals surface area contributed by atoms with E-state index in [1.54, 1.807) is 18.5 Å². The zero-order chi connectivity index (χ0) is 15.1. The van der Waals surface area contributed by atoms with Gasteiger partial charge in [-0.25, -0.2) is 18.1 Å². The van der Waals surface area contributed by atoms with Crippen molar-refractivity contribution in [2.24, 2.45) is 5.73 Å². The molecule has 0 saturated carbocycles. The van der Waals surface area contributed by atoms with Crippen LogP contribution in [0.5, 0.6) is 0 Å². The van der Waals surface area contributed by atoms with Crippen molar-refractivity contribution in [3.05, 3.63) is 53.6 Å². The Hall–Kier alpha value is -1.70. The minimum Gasteiger partial charge on any atom is -0.349 e. The van der Waals surface area contributed by atoms with Crippen molar-refractivity contribution >= 4 is 10.0 Å². The van der Waals surface area contributed by atoms with Gasteiger partial charge in [-0.3, -0.25) is 0 Å². The van der Waals surface area contributed by atoms with Crippen molar-refractivity contribution in [2.45, 2.75) is 25.1 Å². The average Bonchev–Trinajstić information content (AvgIpc) is 2.96. The Morgan fingerprint density at radius 1 is 1.29 bits per heavy atom. The molecule has 0 atom stereocenters.